The van der Waals surface area contributed by atoms with Crippen molar-refractivity contribution in [3.63, 3.8) is 0 Å². The summed E-state index contributed by atoms with van der Waals surface area (Å²) in [5, 5.41) is 3.35. The zero-order chi connectivity index (χ0) is 12.7. The molecule has 1 rings (SSSR count). The number of hydrogen-bond acceptors (Lipinski definition) is 2. The molecule has 17 heavy (non-hydrogen) atoms. The zero-order valence-electron chi connectivity index (χ0n) is 10.7. The van der Waals surface area contributed by atoms with Crippen molar-refractivity contribution in [1.82, 2.24) is 5.32 Å². The lowest BCUT2D eigenvalue weighted by Crippen LogP contribution is -2.25. The SMILES string of the molecule is CCc1ccc(C(CC)NCCC(N)=O)cc1. The summed E-state index contributed by atoms with van der Waals surface area (Å²) < 4.78 is 0. The molecule has 3 heteroatoms. The maximum Gasteiger partial charge on any atom is 0.218 e. The van der Waals surface area contributed by atoms with E-state index < -0.39 is 0 Å². The summed E-state index contributed by atoms with van der Waals surface area (Å²) in [4.78, 5) is 10.7. The smallest absolute Gasteiger partial charge is 0.218 e. The van der Waals surface area contributed by atoms with Crippen molar-refractivity contribution in [1.29, 1.82) is 0 Å². The van der Waals surface area contributed by atoms with Gasteiger partial charge in [0.1, 0.15) is 0 Å². The lowest BCUT2D eigenvalue weighted by atomic mass is 10.0. The van der Waals surface area contributed by atoms with E-state index in [0.717, 1.165) is 12.8 Å². The van der Waals surface area contributed by atoms with E-state index in [0.29, 0.717) is 19.0 Å². The molecule has 0 saturated heterocycles. The minimum Gasteiger partial charge on any atom is -0.370 e. The number of rotatable bonds is 7. The second-order valence-electron chi connectivity index (χ2n) is 4.23. The molecule has 1 atom stereocenters. The van der Waals surface area contributed by atoms with Crippen LogP contribution in [-0.2, 0) is 11.2 Å². The van der Waals surface area contributed by atoms with Gasteiger partial charge in [-0.15, -0.1) is 0 Å². The van der Waals surface area contributed by atoms with Crippen LogP contribution in [0.3, 0.4) is 0 Å². The normalized spacial score (nSPS) is 12.4. The summed E-state index contributed by atoms with van der Waals surface area (Å²) in [6.45, 7) is 4.93. The zero-order valence-corrected chi connectivity index (χ0v) is 10.7. The van der Waals surface area contributed by atoms with E-state index in [1.807, 2.05) is 0 Å². The molecule has 94 valence electrons. The Morgan fingerprint density at radius 3 is 2.41 bits per heavy atom. The van der Waals surface area contributed by atoms with Crippen LogP contribution in [0.25, 0.3) is 0 Å². The predicted molar refractivity (Wildman–Crippen MR) is 70.7 cm³/mol. The first-order chi connectivity index (χ1) is 8.17. The Morgan fingerprint density at radius 2 is 1.94 bits per heavy atom. The molecular weight excluding hydrogens is 212 g/mol. The van der Waals surface area contributed by atoms with Gasteiger partial charge in [-0.2, -0.15) is 0 Å². The van der Waals surface area contributed by atoms with Gasteiger partial charge in [-0.05, 0) is 24.0 Å². The van der Waals surface area contributed by atoms with E-state index in [4.69, 9.17) is 5.73 Å². The average molecular weight is 234 g/mol. The Hall–Kier alpha value is -1.35. The summed E-state index contributed by atoms with van der Waals surface area (Å²) in [7, 11) is 0. The number of aryl methyl sites for hydroxylation is 1. The number of nitrogens with one attached hydrogen (secondary N) is 1. The Kier molecular flexibility index (Phi) is 5.70. The summed E-state index contributed by atoms with van der Waals surface area (Å²) in [6.07, 6.45) is 2.46. The molecule has 3 nitrogen and oxygen atoms in total. The molecule has 0 saturated carbocycles. The van der Waals surface area contributed by atoms with Gasteiger partial charge in [0.15, 0.2) is 0 Å². The standard InChI is InChI=1S/C14H22N2O/c1-3-11-5-7-12(8-6-11)13(4-2)16-10-9-14(15)17/h5-8,13,16H,3-4,9-10H2,1-2H3,(H2,15,17). The third-order valence-electron chi connectivity index (χ3n) is 2.96. The molecule has 0 radical (unpaired) electrons. The first kappa shape index (κ1) is 13.7. The molecule has 0 aliphatic rings. The topological polar surface area (TPSA) is 55.1 Å². The van der Waals surface area contributed by atoms with E-state index in [-0.39, 0.29) is 5.91 Å². The third kappa shape index (κ3) is 4.57. The molecule has 0 heterocycles. The number of carbonyl (C=O) groups is 1. The average Bonchev–Trinajstić information content (AvgIpc) is 2.34. The monoisotopic (exact) mass is 234 g/mol. The number of primary amides is 1. The molecular formula is C14H22N2O. The molecule has 3 N–H and O–H groups in total. The van der Waals surface area contributed by atoms with E-state index in [1.54, 1.807) is 0 Å². The van der Waals surface area contributed by atoms with Crippen LogP contribution >= 0.6 is 0 Å². The van der Waals surface area contributed by atoms with Crippen LogP contribution in [-0.4, -0.2) is 12.5 Å². The van der Waals surface area contributed by atoms with Gasteiger partial charge >= 0.3 is 0 Å². The highest BCUT2D eigenvalue weighted by atomic mass is 16.1. The Bertz CT molecular complexity index is 346. The molecule has 1 aromatic rings. The molecule has 0 aromatic heterocycles. The lowest BCUT2D eigenvalue weighted by molar-refractivity contribution is -0.117. The largest absolute Gasteiger partial charge is 0.370 e. The van der Waals surface area contributed by atoms with Gasteiger partial charge in [-0.25, -0.2) is 0 Å². The molecule has 0 aliphatic heterocycles. The predicted octanol–water partition coefficient (Wildman–Crippen LogP) is 2.17. The molecule has 1 unspecified atom stereocenters. The summed E-state index contributed by atoms with van der Waals surface area (Å²) in [5.74, 6) is -0.256. The number of carbonyl (C=O) groups excluding carboxylic acids is 1. The van der Waals surface area contributed by atoms with Crippen LogP contribution in [0.4, 0.5) is 0 Å². The highest BCUT2D eigenvalue weighted by Gasteiger charge is 2.08. The fourth-order valence-electron chi connectivity index (χ4n) is 1.85. The fraction of sp³-hybridized carbons (Fsp3) is 0.500. The van der Waals surface area contributed by atoms with Gasteiger partial charge in [0.25, 0.3) is 0 Å². The van der Waals surface area contributed by atoms with Gasteiger partial charge in [0.2, 0.25) is 5.91 Å². The van der Waals surface area contributed by atoms with Crippen LogP contribution < -0.4 is 11.1 Å². The number of amides is 1. The van der Waals surface area contributed by atoms with Crippen molar-refractivity contribution in [2.24, 2.45) is 5.73 Å². The van der Waals surface area contributed by atoms with E-state index >= 15 is 0 Å². The summed E-state index contributed by atoms with van der Waals surface area (Å²) in [5.41, 5.74) is 7.74. The molecule has 0 spiro atoms. The van der Waals surface area contributed by atoms with Crippen LogP contribution in [0.1, 0.15) is 43.9 Å². The van der Waals surface area contributed by atoms with E-state index in [9.17, 15) is 4.79 Å². The molecule has 0 bridgehead atoms. The Balaban J connectivity index is 2.56. The second kappa shape index (κ2) is 7.07. The number of nitrogens with two attached hydrogens (primary N) is 1. The van der Waals surface area contributed by atoms with Crippen molar-refractivity contribution in [3.05, 3.63) is 35.4 Å². The first-order valence-electron chi connectivity index (χ1n) is 6.27. The molecule has 0 fully saturated rings. The maximum atomic E-state index is 10.7. The summed E-state index contributed by atoms with van der Waals surface area (Å²) in [6, 6.07) is 8.94. The molecule has 1 aromatic carbocycles. The second-order valence-corrected chi connectivity index (χ2v) is 4.23. The van der Waals surface area contributed by atoms with E-state index in [2.05, 4.69) is 43.4 Å². The highest BCUT2D eigenvalue weighted by Crippen LogP contribution is 2.17. The van der Waals surface area contributed by atoms with Crippen molar-refractivity contribution >= 4 is 5.91 Å². The lowest BCUT2D eigenvalue weighted by Gasteiger charge is -2.17. The first-order valence-corrected chi connectivity index (χ1v) is 6.27. The molecule has 1 amide bonds. The number of hydrogen-bond donors (Lipinski definition) is 2. The van der Waals surface area contributed by atoms with Gasteiger partial charge in [-0.1, -0.05) is 38.1 Å². The van der Waals surface area contributed by atoms with Crippen LogP contribution in [0.2, 0.25) is 0 Å². The minimum absolute atomic E-state index is 0.256. The van der Waals surface area contributed by atoms with Gasteiger partial charge in [0.05, 0.1) is 0 Å². The fourth-order valence-corrected chi connectivity index (χ4v) is 1.85. The van der Waals surface area contributed by atoms with Crippen molar-refractivity contribution in [2.45, 2.75) is 39.2 Å². The minimum atomic E-state index is -0.256. The molecule has 0 aliphatic carbocycles. The van der Waals surface area contributed by atoms with Crippen molar-refractivity contribution in [2.75, 3.05) is 6.54 Å². The van der Waals surface area contributed by atoms with Crippen LogP contribution in [0.5, 0.6) is 0 Å². The van der Waals surface area contributed by atoms with Gasteiger partial charge in [0, 0.05) is 19.0 Å². The summed E-state index contributed by atoms with van der Waals surface area (Å²) >= 11 is 0. The van der Waals surface area contributed by atoms with Crippen molar-refractivity contribution < 1.29 is 4.79 Å². The Labute approximate surface area is 103 Å². The number of benzene rings is 1. The van der Waals surface area contributed by atoms with Gasteiger partial charge in [-0.3, -0.25) is 4.79 Å². The third-order valence-corrected chi connectivity index (χ3v) is 2.96. The Morgan fingerprint density at radius 1 is 1.29 bits per heavy atom. The van der Waals surface area contributed by atoms with Crippen LogP contribution in [0.15, 0.2) is 24.3 Å². The van der Waals surface area contributed by atoms with Gasteiger partial charge < -0.3 is 11.1 Å². The van der Waals surface area contributed by atoms with Crippen LogP contribution in [0, 0.1) is 0 Å². The van der Waals surface area contributed by atoms with E-state index in [1.165, 1.54) is 11.1 Å². The maximum absolute atomic E-state index is 10.7. The highest BCUT2D eigenvalue weighted by molar-refractivity contribution is 5.73. The van der Waals surface area contributed by atoms with Crippen molar-refractivity contribution in [3.8, 4) is 0 Å². The quantitative estimate of drug-likeness (QED) is 0.759.